The van der Waals surface area contributed by atoms with E-state index in [2.05, 4.69) is 11.4 Å². The molecule has 1 aromatic carbocycles. The maximum Gasteiger partial charge on any atom is 0.227 e. The second-order valence-electron chi connectivity index (χ2n) is 5.31. The summed E-state index contributed by atoms with van der Waals surface area (Å²) < 4.78 is 0. The predicted molar refractivity (Wildman–Crippen MR) is 82.5 cm³/mol. The van der Waals surface area contributed by atoms with E-state index < -0.39 is 0 Å². The Bertz CT molecular complexity index is 503. The highest BCUT2D eigenvalue weighted by molar-refractivity contribution is 7.99. The highest BCUT2D eigenvalue weighted by Gasteiger charge is 2.23. The largest absolute Gasteiger partial charge is 0.325 e. The van der Waals surface area contributed by atoms with Gasteiger partial charge in [-0.15, -0.1) is 11.8 Å². The third kappa shape index (κ3) is 4.01. The van der Waals surface area contributed by atoms with E-state index in [-0.39, 0.29) is 17.7 Å². The SMILES string of the molecule is CC(C#N)CSc1ccccc1NC(=O)C1CCCC1. The lowest BCUT2D eigenvalue weighted by Gasteiger charge is -2.14. The van der Waals surface area contributed by atoms with Crippen LogP contribution in [0.2, 0.25) is 0 Å². The number of amides is 1. The molecule has 1 unspecified atom stereocenters. The van der Waals surface area contributed by atoms with E-state index in [4.69, 9.17) is 5.26 Å². The molecule has 0 bridgehead atoms. The van der Waals surface area contributed by atoms with Gasteiger partial charge in [-0.3, -0.25) is 4.79 Å². The Labute approximate surface area is 124 Å². The highest BCUT2D eigenvalue weighted by Crippen LogP contribution is 2.31. The maximum absolute atomic E-state index is 12.2. The Morgan fingerprint density at radius 1 is 1.45 bits per heavy atom. The molecule has 0 radical (unpaired) electrons. The molecule has 1 aromatic rings. The van der Waals surface area contributed by atoms with Crippen molar-refractivity contribution in [2.45, 2.75) is 37.5 Å². The monoisotopic (exact) mass is 288 g/mol. The van der Waals surface area contributed by atoms with Gasteiger partial charge in [0.05, 0.1) is 17.7 Å². The van der Waals surface area contributed by atoms with Crippen molar-refractivity contribution in [1.82, 2.24) is 0 Å². The number of nitriles is 1. The van der Waals surface area contributed by atoms with Gasteiger partial charge >= 0.3 is 0 Å². The Morgan fingerprint density at radius 2 is 2.15 bits per heavy atom. The zero-order valence-corrected chi connectivity index (χ0v) is 12.6. The van der Waals surface area contributed by atoms with Gasteiger partial charge in [0.15, 0.2) is 0 Å². The van der Waals surface area contributed by atoms with Crippen molar-refractivity contribution in [3.8, 4) is 6.07 Å². The van der Waals surface area contributed by atoms with Crippen molar-refractivity contribution >= 4 is 23.4 Å². The van der Waals surface area contributed by atoms with Crippen molar-refractivity contribution in [2.75, 3.05) is 11.1 Å². The van der Waals surface area contributed by atoms with Gasteiger partial charge < -0.3 is 5.32 Å². The van der Waals surface area contributed by atoms with Crippen LogP contribution < -0.4 is 5.32 Å². The molecule has 1 aliphatic rings. The first-order valence-corrected chi connectivity index (χ1v) is 8.11. The summed E-state index contributed by atoms with van der Waals surface area (Å²) in [6, 6.07) is 10.1. The van der Waals surface area contributed by atoms with Gasteiger partial charge in [0.25, 0.3) is 0 Å². The fourth-order valence-electron chi connectivity index (χ4n) is 2.37. The summed E-state index contributed by atoms with van der Waals surface area (Å²) in [6.07, 6.45) is 4.33. The van der Waals surface area contributed by atoms with Gasteiger partial charge in [0.2, 0.25) is 5.91 Å². The van der Waals surface area contributed by atoms with Crippen LogP contribution in [0.4, 0.5) is 5.69 Å². The van der Waals surface area contributed by atoms with Gasteiger partial charge in [-0.2, -0.15) is 5.26 Å². The summed E-state index contributed by atoms with van der Waals surface area (Å²) in [5.74, 6) is 1.07. The summed E-state index contributed by atoms with van der Waals surface area (Å²) in [5, 5.41) is 11.9. The van der Waals surface area contributed by atoms with Gasteiger partial charge in [0.1, 0.15) is 0 Å². The number of carbonyl (C=O) groups excluding carboxylic acids is 1. The minimum atomic E-state index is 0.0126. The van der Waals surface area contributed by atoms with Crippen molar-refractivity contribution in [3.63, 3.8) is 0 Å². The first kappa shape index (κ1) is 14.9. The van der Waals surface area contributed by atoms with Crippen LogP contribution >= 0.6 is 11.8 Å². The van der Waals surface area contributed by atoms with E-state index >= 15 is 0 Å². The molecule has 1 fully saturated rings. The molecule has 1 N–H and O–H groups in total. The molecular formula is C16H20N2OS. The summed E-state index contributed by atoms with van der Waals surface area (Å²) in [7, 11) is 0. The second kappa shape index (κ2) is 7.35. The van der Waals surface area contributed by atoms with Crippen LogP contribution in [-0.4, -0.2) is 11.7 Å². The third-order valence-corrected chi connectivity index (χ3v) is 4.91. The van der Waals surface area contributed by atoms with E-state index in [1.165, 1.54) is 0 Å². The molecule has 1 atom stereocenters. The smallest absolute Gasteiger partial charge is 0.227 e. The summed E-state index contributed by atoms with van der Waals surface area (Å²) in [5.41, 5.74) is 0.875. The number of nitrogens with zero attached hydrogens (tertiary/aromatic N) is 1. The van der Waals surface area contributed by atoms with E-state index in [1.807, 2.05) is 31.2 Å². The fourth-order valence-corrected chi connectivity index (χ4v) is 3.32. The standard InChI is InChI=1S/C16H20N2OS/c1-12(10-17)11-20-15-9-5-4-8-14(15)18-16(19)13-6-2-3-7-13/h4-5,8-9,12-13H,2-3,6-7,11H2,1H3,(H,18,19). The zero-order chi connectivity index (χ0) is 14.4. The van der Waals surface area contributed by atoms with Crippen LogP contribution in [0.15, 0.2) is 29.2 Å². The van der Waals surface area contributed by atoms with Crippen LogP contribution in [-0.2, 0) is 4.79 Å². The number of benzene rings is 1. The second-order valence-corrected chi connectivity index (χ2v) is 6.37. The number of rotatable bonds is 5. The van der Waals surface area contributed by atoms with Crippen molar-refractivity contribution in [3.05, 3.63) is 24.3 Å². The number of hydrogen-bond donors (Lipinski definition) is 1. The average molecular weight is 288 g/mol. The first-order chi connectivity index (χ1) is 9.70. The van der Waals surface area contributed by atoms with Crippen molar-refractivity contribution in [2.24, 2.45) is 11.8 Å². The molecule has 0 aromatic heterocycles. The number of thioether (sulfide) groups is 1. The zero-order valence-electron chi connectivity index (χ0n) is 11.8. The molecule has 1 aliphatic carbocycles. The molecule has 1 saturated carbocycles. The number of carbonyl (C=O) groups is 1. The van der Waals surface area contributed by atoms with Crippen molar-refractivity contribution < 1.29 is 4.79 Å². The third-order valence-electron chi connectivity index (χ3n) is 3.58. The topological polar surface area (TPSA) is 52.9 Å². The lowest BCUT2D eigenvalue weighted by molar-refractivity contribution is -0.119. The van der Waals surface area contributed by atoms with E-state index in [1.54, 1.807) is 11.8 Å². The predicted octanol–water partition coefficient (Wildman–Crippen LogP) is 4.07. The minimum absolute atomic E-state index is 0.0126. The first-order valence-electron chi connectivity index (χ1n) is 7.13. The van der Waals surface area contributed by atoms with Crippen LogP contribution in [0, 0.1) is 23.2 Å². The van der Waals surface area contributed by atoms with Crippen LogP contribution in [0.3, 0.4) is 0 Å². The molecule has 4 heteroatoms. The summed E-state index contributed by atoms with van der Waals surface area (Å²) >= 11 is 1.63. The molecule has 0 heterocycles. The molecular weight excluding hydrogens is 268 g/mol. The fraction of sp³-hybridized carbons (Fsp3) is 0.500. The highest BCUT2D eigenvalue weighted by atomic mass is 32.2. The van der Waals surface area contributed by atoms with Crippen molar-refractivity contribution in [1.29, 1.82) is 5.26 Å². The molecule has 2 rings (SSSR count). The number of nitrogens with one attached hydrogen (secondary N) is 1. The maximum atomic E-state index is 12.2. The summed E-state index contributed by atoms with van der Waals surface area (Å²) in [6.45, 7) is 1.91. The minimum Gasteiger partial charge on any atom is -0.325 e. The lowest BCUT2D eigenvalue weighted by Crippen LogP contribution is -2.20. The van der Waals surface area contributed by atoms with Gasteiger partial charge in [-0.1, -0.05) is 25.0 Å². The molecule has 3 nitrogen and oxygen atoms in total. The molecule has 0 aliphatic heterocycles. The summed E-state index contributed by atoms with van der Waals surface area (Å²) in [4.78, 5) is 13.2. The van der Waals surface area contributed by atoms with Crippen LogP contribution in [0.25, 0.3) is 0 Å². The van der Waals surface area contributed by atoms with Gasteiger partial charge in [-0.05, 0) is 31.9 Å². The number of para-hydroxylation sites is 1. The van der Waals surface area contributed by atoms with E-state index in [0.717, 1.165) is 42.0 Å². The number of hydrogen-bond acceptors (Lipinski definition) is 3. The molecule has 106 valence electrons. The quantitative estimate of drug-likeness (QED) is 0.831. The Hall–Kier alpha value is -1.47. The van der Waals surface area contributed by atoms with E-state index in [0.29, 0.717) is 0 Å². The normalized spacial score (nSPS) is 16.6. The molecule has 20 heavy (non-hydrogen) atoms. The molecule has 0 saturated heterocycles. The Balaban J connectivity index is 2.00. The van der Waals surface area contributed by atoms with Gasteiger partial charge in [-0.25, -0.2) is 0 Å². The average Bonchev–Trinajstić information content (AvgIpc) is 3.00. The number of anilines is 1. The molecule has 0 spiro atoms. The van der Waals surface area contributed by atoms with Crippen LogP contribution in [0.1, 0.15) is 32.6 Å². The van der Waals surface area contributed by atoms with Gasteiger partial charge in [0, 0.05) is 16.6 Å². The molecule has 1 amide bonds. The Morgan fingerprint density at radius 3 is 2.85 bits per heavy atom. The van der Waals surface area contributed by atoms with E-state index in [9.17, 15) is 4.79 Å². The van der Waals surface area contributed by atoms with Crippen LogP contribution in [0.5, 0.6) is 0 Å². The Kier molecular flexibility index (Phi) is 5.49. The lowest BCUT2D eigenvalue weighted by atomic mass is 10.1.